The highest BCUT2D eigenvalue weighted by molar-refractivity contribution is 6.31. The predicted octanol–water partition coefficient (Wildman–Crippen LogP) is 3.37. The van der Waals surface area contributed by atoms with Crippen LogP contribution in [0.15, 0.2) is 36.4 Å². The third-order valence-corrected chi connectivity index (χ3v) is 4.31. The van der Waals surface area contributed by atoms with Crippen molar-refractivity contribution in [3.05, 3.63) is 47.0 Å². The van der Waals surface area contributed by atoms with Crippen LogP contribution in [-0.2, 0) is 14.3 Å². The van der Waals surface area contributed by atoms with Crippen molar-refractivity contribution in [3.8, 4) is 17.2 Å². The van der Waals surface area contributed by atoms with Crippen molar-refractivity contribution in [3.63, 3.8) is 0 Å². The fourth-order valence-electron chi connectivity index (χ4n) is 2.48. The first-order valence-corrected chi connectivity index (χ1v) is 9.13. The molecule has 1 aliphatic heterocycles. The lowest BCUT2D eigenvalue weighted by atomic mass is 10.2. The number of halogens is 1. The second kappa shape index (κ2) is 9.32. The number of anilines is 1. The quantitative estimate of drug-likeness (QED) is 0.742. The molecule has 0 saturated carbocycles. The number of fused-ring (bicyclic) bond motifs is 1. The van der Waals surface area contributed by atoms with Gasteiger partial charge in [0.05, 0.1) is 13.2 Å². The highest BCUT2D eigenvalue weighted by Gasteiger charge is 2.13. The minimum atomic E-state index is -0.651. The highest BCUT2D eigenvalue weighted by Crippen LogP contribution is 2.32. The molecule has 3 rings (SSSR count). The van der Waals surface area contributed by atoms with Crippen LogP contribution in [0.2, 0.25) is 5.02 Å². The number of hydrogen-bond donors (Lipinski definition) is 1. The van der Waals surface area contributed by atoms with Crippen molar-refractivity contribution in [1.82, 2.24) is 0 Å². The number of benzene rings is 2. The molecular formula is C20H20ClNO6. The number of ether oxygens (including phenoxy) is 4. The van der Waals surface area contributed by atoms with Gasteiger partial charge in [0.2, 0.25) is 0 Å². The van der Waals surface area contributed by atoms with Gasteiger partial charge >= 0.3 is 5.97 Å². The molecule has 0 aliphatic carbocycles. The molecule has 0 aromatic heterocycles. The lowest BCUT2D eigenvalue weighted by Gasteiger charge is -2.11. The van der Waals surface area contributed by atoms with Crippen LogP contribution >= 0.6 is 11.6 Å². The first kappa shape index (κ1) is 19.8. The third-order valence-electron chi connectivity index (χ3n) is 3.88. The summed E-state index contributed by atoms with van der Waals surface area (Å²) in [4.78, 5) is 23.8. The number of hydrogen-bond acceptors (Lipinski definition) is 6. The van der Waals surface area contributed by atoms with Gasteiger partial charge < -0.3 is 24.3 Å². The lowest BCUT2D eigenvalue weighted by Crippen LogP contribution is -2.23. The van der Waals surface area contributed by atoms with Gasteiger partial charge in [-0.15, -0.1) is 0 Å². The van der Waals surface area contributed by atoms with E-state index >= 15 is 0 Å². The smallest absolute Gasteiger partial charge is 0.344 e. The zero-order valence-electron chi connectivity index (χ0n) is 15.3. The zero-order chi connectivity index (χ0) is 19.9. The van der Waals surface area contributed by atoms with Crippen molar-refractivity contribution in [2.24, 2.45) is 0 Å². The number of nitrogens with one attached hydrogen (secondary N) is 1. The molecule has 28 heavy (non-hydrogen) atoms. The molecule has 1 heterocycles. The van der Waals surface area contributed by atoms with Gasteiger partial charge in [-0.3, -0.25) is 4.79 Å². The van der Waals surface area contributed by atoms with E-state index in [0.29, 0.717) is 41.2 Å². The molecule has 0 fully saturated rings. The maximum atomic E-state index is 12.0. The van der Waals surface area contributed by atoms with Crippen LogP contribution in [0, 0.1) is 6.92 Å². The molecule has 0 bridgehead atoms. The standard InChI is InChI=1S/C20H20ClNO6/c1-13-9-15(4-5-16(13)21)27-12-20(24)28-11-19(23)22-14-3-6-17-18(10-14)26-8-2-7-25-17/h3-6,9-10H,2,7-8,11-12H2,1H3,(H,22,23). The van der Waals surface area contributed by atoms with E-state index < -0.39 is 18.5 Å². The van der Waals surface area contributed by atoms with Crippen LogP contribution in [0.4, 0.5) is 5.69 Å². The average Bonchev–Trinajstić information content (AvgIpc) is 2.92. The SMILES string of the molecule is Cc1cc(OCC(=O)OCC(=O)Nc2ccc3c(c2)OCCCO3)ccc1Cl. The van der Waals surface area contributed by atoms with Crippen LogP contribution in [0.1, 0.15) is 12.0 Å². The summed E-state index contributed by atoms with van der Waals surface area (Å²) >= 11 is 5.94. The van der Waals surface area contributed by atoms with Gasteiger partial charge in [0.15, 0.2) is 24.7 Å². The molecular weight excluding hydrogens is 386 g/mol. The average molecular weight is 406 g/mol. The second-order valence-electron chi connectivity index (χ2n) is 6.12. The number of carbonyl (C=O) groups is 2. The van der Waals surface area contributed by atoms with E-state index in [-0.39, 0.29) is 6.61 Å². The summed E-state index contributed by atoms with van der Waals surface area (Å²) in [6.45, 7) is 2.24. The molecule has 0 spiro atoms. The molecule has 7 nitrogen and oxygen atoms in total. The Morgan fingerprint density at radius 2 is 1.86 bits per heavy atom. The largest absolute Gasteiger partial charge is 0.490 e. The summed E-state index contributed by atoms with van der Waals surface area (Å²) in [6.07, 6.45) is 0.796. The van der Waals surface area contributed by atoms with Crippen LogP contribution < -0.4 is 19.5 Å². The van der Waals surface area contributed by atoms with Crippen LogP contribution in [-0.4, -0.2) is 38.3 Å². The number of rotatable bonds is 6. The molecule has 2 aromatic rings. The Morgan fingerprint density at radius 3 is 2.64 bits per heavy atom. The Kier molecular flexibility index (Phi) is 6.60. The summed E-state index contributed by atoms with van der Waals surface area (Å²) in [6, 6.07) is 10.1. The molecule has 1 aliphatic rings. The minimum Gasteiger partial charge on any atom is -0.490 e. The molecule has 2 aromatic carbocycles. The number of esters is 1. The van der Waals surface area contributed by atoms with Gasteiger partial charge in [0.25, 0.3) is 5.91 Å². The minimum absolute atomic E-state index is 0.307. The fourth-order valence-corrected chi connectivity index (χ4v) is 2.59. The van der Waals surface area contributed by atoms with E-state index in [0.717, 1.165) is 12.0 Å². The molecule has 0 radical (unpaired) electrons. The first-order valence-electron chi connectivity index (χ1n) is 8.75. The first-order chi connectivity index (χ1) is 13.5. The Bertz CT molecular complexity index is 870. The van der Waals surface area contributed by atoms with Gasteiger partial charge in [-0.25, -0.2) is 4.79 Å². The topological polar surface area (TPSA) is 83.1 Å². The van der Waals surface area contributed by atoms with Crippen molar-refractivity contribution >= 4 is 29.2 Å². The van der Waals surface area contributed by atoms with Gasteiger partial charge in [-0.2, -0.15) is 0 Å². The van der Waals surface area contributed by atoms with Gasteiger partial charge in [0.1, 0.15) is 5.75 Å². The monoisotopic (exact) mass is 405 g/mol. The Balaban J connectivity index is 1.44. The summed E-state index contributed by atoms with van der Waals surface area (Å²) in [5.41, 5.74) is 1.36. The molecule has 1 amide bonds. The maximum absolute atomic E-state index is 12.0. The van der Waals surface area contributed by atoms with E-state index in [1.54, 1.807) is 36.4 Å². The summed E-state index contributed by atoms with van der Waals surface area (Å²) in [7, 11) is 0. The maximum Gasteiger partial charge on any atom is 0.344 e. The lowest BCUT2D eigenvalue weighted by molar-refractivity contribution is -0.149. The van der Waals surface area contributed by atoms with Crippen molar-refractivity contribution in [2.75, 3.05) is 31.7 Å². The van der Waals surface area contributed by atoms with Crippen LogP contribution in [0.3, 0.4) is 0 Å². The van der Waals surface area contributed by atoms with E-state index in [4.69, 9.17) is 30.5 Å². The Hall–Kier alpha value is -2.93. The molecule has 0 saturated heterocycles. The third kappa shape index (κ3) is 5.53. The zero-order valence-corrected chi connectivity index (χ0v) is 16.1. The normalized spacial score (nSPS) is 12.6. The van der Waals surface area contributed by atoms with Gasteiger partial charge in [-0.05, 0) is 42.8 Å². The molecule has 148 valence electrons. The number of aryl methyl sites for hydroxylation is 1. The van der Waals surface area contributed by atoms with Crippen molar-refractivity contribution in [2.45, 2.75) is 13.3 Å². The van der Waals surface area contributed by atoms with E-state index in [9.17, 15) is 9.59 Å². The predicted molar refractivity (Wildman–Crippen MR) is 103 cm³/mol. The summed E-state index contributed by atoms with van der Waals surface area (Å²) in [5, 5.41) is 3.26. The van der Waals surface area contributed by atoms with E-state index in [1.165, 1.54) is 0 Å². The van der Waals surface area contributed by atoms with Crippen molar-refractivity contribution in [1.29, 1.82) is 0 Å². The summed E-state index contributed by atoms with van der Waals surface area (Å²) in [5.74, 6) is 0.581. The second-order valence-corrected chi connectivity index (χ2v) is 6.53. The molecule has 0 atom stereocenters. The fraction of sp³-hybridized carbons (Fsp3) is 0.300. The van der Waals surface area contributed by atoms with E-state index in [2.05, 4.69) is 5.32 Å². The summed E-state index contributed by atoms with van der Waals surface area (Å²) < 4.78 is 21.4. The van der Waals surface area contributed by atoms with E-state index in [1.807, 2.05) is 6.92 Å². The van der Waals surface area contributed by atoms with Gasteiger partial charge in [0, 0.05) is 23.2 Å². The van der Waals surface area contributed by atoms with Crippen LogP contribution in [0.5, 0.6) is 17.2 Å². The number of amides is 1. The number of carbonyl (C=O) groups excluding carboxylic acids is 2. The Labute approximate surface area is 167 Å². The Morgan fingerprint density at radius 1 is 1.07 bits per heavy atom. The molecule has 0 unspecified atom stereocenters. The highest BCUT2D eigenvalue weighted by atomic mass is 35.5. The van der Waals surface area contributed by atoms with Gasteiger partial charge in [-0.1, -0.05) is 11.6 Å². The molecule has 1 N–H and O–H groups in total. The van der Waals surface area contributed by atoms with Crippen molar-refractivity contribution < 1.29 is 28.5 Å². The molecule has 8 heteroatoms. The van der Waals surface area contributed by atoms with Crippen LogP contribution in [0.25, 0.3) is 0 Å².